The summed E-state index contributed by atoms with van der Waals surface area (Å²) < 4.78 is 39.7. The van der Waals surface area contributed by atoms with Crippen molar-refractivity contribution in [1.29, 1.82) is 0 Å². The van der Waals surface area contributed by atoms with Gasteiger partial charge in [-0.15, -0.1) is 0 Å². The van der Waals surface area contributed by atoms with E-state index in [-0.39, 0.29) is 6.10 Å². The number of alkyl halides is 3. The molecule has 2 nitrogen and oxygen atoms in total. The molecule has 1 N–H and O–H groups in total. The van der Waals surface area contributed by atoms with Crippen molar-refractivity contribution in [1.82, 2.24) is 5.32 Å². The Morgan fingerprint density at radius 3 is 2.67 bits per heavy atom. The molecule has 1 rings (SSSR count). The summed E-state index contributed by atoms with van der Waals surface area (Å²) in [6.07, 6.45) is -2.84. The van der Waals surface area contributed by atoms with Gasteiger partial charge in [0.05, 0.1) is 6.10 Å². The zero-order valence-electron chi connectivity index (χ0n) is 6.66. The van der Waals surface area contributed by atoms with Crippen LogP contribution in [-0.2, 0) is 4.74 Å². The molecule has 5 heteroatoms. The first-order chi connectivity index (χ1) is 5.58. The Morgan fingerprint density at radius 2 is 2.17 bits per heavy atom. The second-order valence-corrected chi connectivity index (χ2v) is 2.89. The Labute approximate surface area is 69.1 Å². The minimum absolute atomic E-state index is 0.264. The number of ether oxygens (including phenoxy) is 1. The Morgan fingerprint density at radius 1 is 1.42 bits per heavy atom. The van der Waals surface area contributed by atoms with Gasteiger partial charge in [0.2, 0.25) is 0 Å². The van der Waals surface area contributed by atoms with Crippen molar-refractivity contribution in [2.75, 3.05) is 19.7 Å². The molecule has 1 atom stereocenters. The molecule has 1 heterocycles. The standard InChI is InChI=1S/C7H12F3NO/c8-7(9,10)5-12-6-2-1-3-11-4-6/h6,11H,1-5H2/t6-/m0/s1. The first kappa shape index (κ1) is 9.80. The van der Waals surface area contributed by atoms with Crippen LogP contribution in [-0.4, -0.2) is 32.0 Å². The molecule has 1 aliphatic rings. The number of hydrogen-bond donors (Lipinski definition) is 1. The van der Waals surface area contributed by atoms with Gasteiger partial charge in [0, 0.05) is 6.54 Å². The molecule has 72 valence electrons. The summed E-state index contributed by atoms with van der Waals surface area (Å²) in [4.78, 5) is 0. The maximum Gasteiger partial charge on any atom is 0.411 e. The van der Waals surface area contributed by atoms with E-state index in [0.717, 1.165) is 19.4 Å². The molecular weight excluding hydrogens is 171 g/mol. The average Bonchev–Trinajstić information content (AvgIpc) is 2.02. The highest BCUT2D eigenvalue weighted by atomic mass is 19.4. The third-order valence-electron chi connectivity index (χ3n) is 1.73. The van der Waals surface area contributed by atoms with Crippen LogP contribution in [0.1, 0.15) is 12.8 Å². The first-order valence-electron chi connectivity index (χ1n) is 3.97. The van der Waals surface area contributed by atoms with Gasteiger partial charge in [-0.05, 0) is 19.4 Å². The van der Waals surface area contributed by atoms with E-state index in [1.54, 1.807) is 0 Å². The van der Waals surface area contributed by atoms with E-state index in [9.17, 15) is 13.2 Å². The minimum Gasteiger partial charge on any atom is -0.367 e. The fourth-order valence-electron chi connectivity index (χ4n) is 1.17. The second kappa shape index (κ2) is 4.09. The SMILES string of the molecule is FC(F)(F)CO[C@H]1CCCNC1. The number of halogens is 3. The van der Waals surface area contributed by atoms with E-state index in [0.29, 0.717) is 6.54 Å². The quantitative estimate of drug-likeness (QED) is 0.697. The zero-order chi connectivity index (χ0) is 9.03. The number of rotatable bonds is 2. The number of nitrogens with one attached hydrogen (secondary N) is 1. The summed E-state index contributed by atoms with van der Waals surface area (Å²) in [6.45, 7) is 0.293. The van der Waals surface area contributed by atoms with Gasteiger partial charge in [0.15, 0.2) is 0 Å². The Bertz CT molecular complexity index is 131. The van der Waals surface area contributed by atoms with Gasteiger partial charge in [-0.3, -0.25) is 0 Å². The predicted molar refractivity (Wildman–Crippen MR) is 37.9 cm³/mol. The molecule has 0 unspecified atom stereocenters. The third kappa shape index (κ3) is 3.92. The van der Waals surface area contributed by atoms with E-state index in [1.165, 1.54) is 0 Å². The summed E-state index contributed by atoms with van der Waals surface area (Å²) in [5.41, 5.74) is 0. The Hall–Kier alpha value is -0.290. The highest BCUT2D eigenvalue weighted by Crippen LogP contribution is 2.17. The highest BCUT2D eigenvalue weighted by Gasteiger charge is 2.29. The Balaban J connectivity index is 2.13. The van der Waals surface area contributed by atoms with Crippen LogP contribution in [0, 0.1) is 0 Å². The molecule has 0 spiro atoms. The van der Waals surface area contributed by atoms with Crippen LogP contribution in [0.3, 0.4) is 0 Å². The Kier molecular flexibility index (Phi) is 3.34. The van der Waals surface area contributed by atoms with Crippen molar-refractivity contribution in [3.05, 3.63) is 0 Å². The van der Waals surface area contributed by atoms with Gasteiger partial charge >= 0.3 is 6.18 Å². The van der Waals surface area contributed by atoms with E-state index in [4.69, 9.17) is 0 Å². The molecule has 0 aromatic rings. The lowest BCUT2D eigenvalue weighted by Crippen LogP contribution is -2.37. The molecule has 12 heavy (non-hydrogen) atoms. The highest BCUT2D eigenvalue weighted by molar-refractivity contribution is 4.69. The largest absolute Gasteiger partial charge is 0.411 e. The molecule has 1 saturated heterocycles. The van der Waals surface area contributed by atoms with Crippen molar-refractivity contribution in [3.8, 4) is 0 Å². The summed E-state index contributed by atoms with van der Waals surface area (Å²) in [5.74, 6) is 0. The van der Waals surface area contributed by atoms with Gasteiger partial charge in [-0.1, -0.05) is 0 Å². The van der Waals surface area contributed by atoms with E-state index in [1.807, 2.05) is 0 Å². The summed E-state index contributed by atoms with van der Waals surface area (Å²) >= 11 is 0. The van der Waals surface area contributed by atoms with E-state index >= 15 is 0 Å². The van der Waals surface area contributed by atoms with Gasteiger partial charge in [0.1, 0.15) is 6.61 Å². The molecule has 0 aliphatic carbocycles. The van der Waals surface area contributed by atoms with Crippen LogP contribution in [0.4, 0.5) is 13.2 Å². The molecular formula is C7H12F3NO. The molecule has 0 saturated carbocycles. The molecule has 1 aliphatic heterocycles. The van der Waals surface area contributed by atoms with E-state index in [2.05, 4.69) is 10.1 Å². The molecule has 0 bridgehead atoms. The van der Waals surface area contributed by atoms with Crippen molar-refractivity contribution < 1.29 is 17.9 Å². The predicted octanol–water partition coefficient (Wildman–Crippen LogP) is 1.32. The monoisotopic (exact) mass is 183 g/mol. The lowest BCUT2D eigenvalue weighted by molar-refractivity contribution is -0.186. The van der Waals surface area contributed by atoms with Crippen molar-refractivity contribution in [2.45, 2.75) is 25.1 Å². The minimum atomic E-state index is -4.20. The number of piperidine rings is 1. The van der Waals surface area contributed by atoms with Crippen molar-refractivity contribution in [2.24, 2.45) is 0 Å². The van der Waals surface area contributed by atoms with Gasteiger partial charge in [0.25, 0.3) is 0 Å². The second-order valence-electron chi connectivity index (χ2n) is 2.89. The fraction of sp³-hybridized carbons (Fsp3) is 1.00. The van der Waals surface area contributed by atoms with Crippen molar-refractivity contribution in [3.63, 3.8) is 0 Å². The first-order valence-corrected chi connectivity index (χ1v) is 3.97. The van der Waals surface area contributed by atoms with Crippen LogP contribution in [0.5, 0.6) is 0 Å². The van der Waals surface area contributed by atoms with Crippen LogP contribution >= 0.6 is 0 Å². The third-order valence-corrected chi connectivity index (χ3v) is 1.73. The average molecular weight is 183 g/mol. The number of hydrogen-bond acceptors (Lipinski definition) is 2. The van der Waals surface area contributed by atoms with Gasteiger partial charge < -0.3 is 10.1 Å². The van der Waals surface area contributed by atoms with Crippen LogP contribution in [0.25, 0.3) is 0 Å². The lowest BCUT2D eigenvalue weighted by atomic mass is 10.1. The van der Waals surface area contributed by atoms with Crippen LogP contribution < -0.4 is 5.32 Å². The maximum atomic E-state index is 11.7. The molecule has 0 aromatic carbocycles. The lowest BCUT2D eigenvalue weighted by Gasteiger charge is -2.23. The topological polar surface area (TPSA) is 21.3 Å². The summed E-state index contributed by atoms with van der Waals surface area (Å²) in [7, 11) is 0. The molecule has 0 amide bonds. The summed E-state index contributed by atoms with van der Waals surface area (Å²) in [6, 6.07) is 0. The fourth-order valence-corrected chi connectivity index (χ4v) is 1.17. The van der Waals surface area contributed by atoms with Crippen molar-refractivity contribution >= 4 is 0 Å². The van der Waals surface area contributed by atoms with Gasteiger partial charge in [-0.2, -0.15) is 13.2 Å². The molecule has 0 radical (unpaired) electrons. The zero-order valence-corrected chi connectivity index (χ0v) is 6.66. The smallest absolute Gasteiger partial charge is 0.367 e. The van der Waals surface area contributed by atoms with E-state index < -0.39 is 12.8 Å². The van der Waals surface area contributed by atoms with Gasteiger partial charge in [-0.25, -0.2) is 0 Å². The van der Waals surface area contributed by atoms with Crippen LogP contribution in [0.2, 0.25) is 0 Å². The molecule has 0 aromatic heterocycles. The molecule has 1 fully saturated rings. The normalized spacial score (nSPS) is 25.8. The van der Waals surface area contributed by atoms with Crippen LogP contribution in [0.15, 0.2) is 0 Å². The maximum absolute atomic E-state index is 11.7. The summed E-state index contributed by atoms with van der Waals surface area (Å²) in [5, 5.41) is 2.98.